The van der Waals surface area contributed by atoms with E-state index in [1.807, 2.05) is 43.4 Å². The summed E-state index contributed by atoms with van der Waals surface area (Å²) < 4.78 is 36.1. The Kier molecular flexibility index (Phi) is 10.8. The fourth-order valence-corrected chi connectivity index (χ4v) is 5.40. The molecule has 0 saturated heterocycles. The number of hydrogen-bond donors (Lipinski definition) is 4. The van der Waals surface area contributed by atoms with Crippen LogP contribution in [0.25, 0.3) is 5.57 Å². The molecule has 9 nitrogen and oxygen atoms in total. The monoisotopic (exact) mass is 638 g/mol. The van der Waals surface area contributed by atoms with E-state index in [-0.39, 0.29) is 67.0 Å². The minimum absolute atomic E-state index is 0.0389. The molecule has 2 aromatic carbocycles. The van der Waals surface area contributed by atoms with Crippen LogP contribution >= 0.6 is 0 Å². The van der Waals surface area contributed by atoms with Crippen LogP contribution in [0.5, 0.6) is 5.75 Å². The third kappa shape index (κ3) is 7.93. The lowest BCUT2D eigenvalue weighted by atomic mass is 9.86. The Hall–Kier alpha value is -5.29. The van der Waals surface area contributed by atoms with Crippen molar-refractivity contribution >= 4 is 40.3 Å². The van der Waals surface area contributed by atoms with Crippen LogP contribution in [0, 0.1) is 23.0 Å². The highest BCUT2D eigenvalue weighted by Gasteiger charge is 2.31. The highest BCUT2D eigenvalue weighted by Crippen LogP contribution is 2.38. The van der Waals surface area contributed by atoms with E-state index in [1.54, 1.807) is 30.6 Å². The number of aliphatic imine (C=N–C) groups is 2. The summed E-state index contributed by atoms with van der Waals surface area (Å²) in [4.78, 5) is 33.3. The fraction of sp³-hybridized carbons (Fsp3) is 0.250. The molecule has 0 fully saturated rings. The Morgan fingerprint density at radius 2 is 1.96 bits per heavy atom. The Morgan fingerprint density at radius 1 is 1.11 bits per heavy atom. The van der Waals surface area contributed by atoms with Gasteiger partial charge in [0.05, 0.1) is 11.4 Å². The molecular formula is C36H36F2N6O3. The molecule has 3 aliphatic rings. The van der Waals surface area contributed by atoms with Crippen molar-refractivity contribution in [2.24, 2.45) is 21.6 Å². The number of aryl methyl sites for hydroxylation is 1. The van der Waals surface area contributed by atoms with Crippen LogP contribution in [0.4, 0.5) is 14.5 Å². The summed E-state index contributed by atoms with van der Waals surface area (Å²) in [5, 5.41) is 14.3. The zero-order valence-corrected chi connectivity index (χ0v) is 26.0. The van der Waals surface area contributed by atoms with E-state index in [0.29, 0.717) is 35.4 Å². The molecule has 5 rings (SSSR count). The third-order valence-corrected chi connectivity index (χ3v) is 7.79. The molecule has 11 heteroatoms. The number of ether oxygens (including phenoxy) is 1. The van der Waals surface area contributed by atoms with Gasteiger partial charge < -0.3 is 26.5 Å². The molecule has 2 heterocycles. The van der Waals surface area contributed by atoms with Crippen LogP contribution in [0.15, 0.2) is 94.9 Å². The average molecular weight is 639 g/mol. The number of carbonyl (C=O) groups excluding carboxylic acids is 2. The maximum absolute atomic E-state index is 15.4. The molecule has 2 aromatic rings. The first-order chi connectivity index (χ1) is 22.8. The molecule has 0 aromatic heterocycles. The first-order valence-electron chi connectivity index (χ1n) is 15.5. The van der Waals surface area contributed by atoms with Crippen molar-refractivity contribution in [1.29, 1.82) is 5.41 Å². The predicted molar refractivity (Wildman–Crippen MR) is 181 cm³/mol. The number of ketones is 1. The maximum atomic E-state index is 15.4. The van der Waals surface area contributed by atoms with Crippen LogP contribution in [-0.2, 0) is 11.2 Å². The van der Waals surface area contributed by atoms with E-state index in [4.69, 9.17) is 15.9 Å². The van der Waals surface area contributed by atoms with Crippen molar-refractivity contribution in [2.45, 2.75) is 39.0 Å². The second-order valence-corrected chi connectivity index (χ2v) is 11.1. The Bertz CT molecular complexity index is 1800. The zero-order valence-electron chi connectivity index (χ0n) is 26.0. The van der Waals surface area contributed by atoms with Gasteiger partial charge in [-0.25, -0.2) is 9.38 Å². The Morgan fingerprint density at radius 3 is 2.77 bits per heavy atom. The van der Waals surface area contributed by atoms with Gasteiger partial charge in [0.2, 0.25) is 17.6 Å². The van der Waals surface area contributed by atoms with E-state index >= 15 is 8.78 Å². The van der Waals surface area contributed by atoms with Crippen LogP contribution in [0.3, 0.4) is 0 Å². The van der Waals surface area contributed by atoms with Gasteiger partial charge in [0.15, 0.2) is 17.3 Å². The summed E-state index contributed by atoms with van der Waals surface area (Å²) in [6.45, 7) is 2.49. The highest BCUT2D eigenvalue weighted by molar-refractivity contribution is 6.15. The zero-order chi connectivity index (χ0) is 33.3. The summed E-state index contributed by atoms with van der Waals surface area (Å²) in [6, 6.07) is 8.29. The van der Waals surface area contributed by atoms with Gasteiger partial charge in [0.1, 0.15) is 0 Å². The average Bonchev–Trinajstić information content (AvgIpc) is 3.32. The second kappa shape index (κ2) is 15.3. The first kappa shape index (κ1) is 33.1. The number of halogens is 2. The maximum Gasteiger partial charge on any atom is 0.221 e. The van der Waals surface area contributed by atoms with E-state index in [9.17, 15) is 9.59 Å². The number of hydrogen-bond acceptors (Lipinski definition) is 8. The van der Waals surface area contributed by atoms with Crippen LogP contribution in [-0.4, -0.2) is 42.1 Å². The number of nitrogens with one attached hydrogen (secondary N) is 3. The van der Waals surface area contributed by atoms with E-state index in [0.717, 1.165) is 11.3 Å². The molecule has 1 aliphatic carbocycles. The molecule has 47 heavy (non-hydrogen) atoms. The van der Waals surface area contributed by atoms with Gasteiger partial charge in [0.25, 0.3) is 0 Å². The number of Topliss-reactive ketones (excluding diaryl/α,β-unsaturated/α-hetero) is 1. The number of fused-ring (bicyclic) bond motifs is 1. The van der Waals surface area contributed by atoms with Gasteiger partial charge in [-0.3, -0.25) is 14.6 Å². The molecule has 1 unspecified atom stereocenters. The van der Waals surface area contributed by atoms with Gasteiger partial charge in [-0.05, 0) is 66.5 Å². The summed E-state index contributed by atoms with van der Waals surface area (Å²) >= 11 is 0. The first-order valence-corrected chi connectivity index (χ1v) is 15.5. The minimum Gasteiger partial charge on any atom is -0.436 e. The SMILES string of the molecule is CCc1cc(NC2=CC=CC3C(c4ccc(OC5=NC=CCC=C5)c(F)c4F)=CN=C23)ccc1C(=O)CC(=N)CCNC(=O)CCN. The molecule has 1 atom stereocenters. The number of nitrogens with two attached hydrogens (primary N) is 1. The van der Waals surface area contributed by atoms with Gasteiger partial charge in [-0.15, -0.1) is 0 Å². The molecule has 0 spiro atoms. The third-order valence-electron chi connectivity index (χ3n) is 7.79. The molecular weight excluding hydrogens is 602 g/mol. The van der Waals surface area contributed by atoms with Crippen molar-refractivity contribution in [3.05, 3.63) is 113 Å². The smallest absolute Gasteiger partial charge is 0.221 e. The standard InChI is InChI=1S/C36H36F2N6O3/c1-2-22-19-24(10-11-25(22)30(45)20-23(40)15-18-41-32(46)14-16-39)44-29-8-6-7-27-28(21-43-36(27)29)26-12-13-31(35(38)34(26)37)47-33-9-4-3-5-17-42-33/h4-13,17,19,21,27,40,44H,2-3,14-16,18,20,39H2,1H3,(H,41,46). The largest absolute Gasteiger partial charge is 0.436 e. The molecule has 0 bridgehead atoms. The van der Waals surface area contributed by atoms with Crippen LogP contribution in [0.2, 0.25) is 0 Å². The number of anilines is 1. The molecule has 1 amide bonds. The van der Waals surface area contributed by atoms with Crippen molar-refractivity contribution in [3.8, 4) is 5.75 Å². The second-order valence-electron chi connectivity index (χ2n) is 11.1. The molecule has 0 radical (unpaired) electrons. The van der Waals surface area contributed by atoms with Gasteiger partial charge in [-0.1, -0.05) is 31.2 Å². The van der Waals surface area contributed by atoms with Crippen LogP contribution in [0.1, 0.15) is 54.1 Å². The van der Waals surface area contributed by atoms with Crippen molar-refractivity contribution in [3.63, 3.8) is 0 Å². The molecule has 5 N–H and O–H groups in total. The topological polar surface area (TPSA) is 142 Å². The number of nitrogens with zero attached hydrogens (tertiary/aromatic N) is 2. The highest BCUT2D eigenvalue weighted by atomic mass is 19.2. The van der Waals surface area contributed by atoms with E-state index in [2.05, 4.69) is 20.6 Å². The number of benzene rings is 2. The number of allylic oxidation sites excluding steroid dienone is 7. The number of rotatable bonds is 13. The normalized spacial score (nSPS) is 16.4. The van der Waals surface area contributed by atoms with Crippen molar-refractivity contribution in [2.75, 3.05) is 18.4 Å². The van der Waals surface area contributed by atoms with Crippen LogP contribution < -0.4 is 21.1 Å². The fourth-order valence-electron chi connectivity index (χ4n) is 5.40. The molecule has 0 saturated carbocycles. The van der Waals surface area contributed by atoms with Gasteiger partial charge >= 0.3 is 0 Å². The summed E-state index contributed by atoms with van der Waals surface area (Å²) in [5.41, 5.74) is 9.64. The summed E-state index contributed by atoms with van der Waals surface area (Å²) in [7, 11) is 0. The van der Waals surface area contributed by atoms with Crippen molar-refractivity contribution < 1.29 is 23.1 Å². The number of carbonyl (C=O) groups is 2. The molecule has 2 aliphatic heterocycles. The predicted octanol–water partition coefficient (Wildman–Crippen LogP) is 6.20. The lowest BCUT2D eigenvalue weighted by molar-refractivity contribution is -0.120. The Labute approximate surface area is 271 Å². The minimum atomic E-state index is -1.11. The summed E-state index contributed by atoms with van der Waals surface area (Å²) in [5.74, 6) is -2.98. The van der Waals surface area contributed by atoms with E-state index < -0.39 is 17.6 Å². The number of amides is 1. The summed E-state index contributed by atoms with van der Waals surface area (Å²) in [6.07, 6.45) is 15.6. The lowest BCUT2D eigenvalue weighted by Crippen LogP contribution is -2.28. The van der Waals surface area contributed by atoms with E-state index in [1.165, 1.54) is 12.1 Å². The molecule has 242 valence electrons. The Balaban J connectivity index is 1.23. The van der Waals surface area contributed by atoms with Gasteiger partial charge in [0, 0.05) is 73.2 Å². The van der Waals surface area contributed by atoms with Crippen molar-refractivity contribution in [1.82, 2.24) is 5.32 Å². The van der Waals surface area contributed by atoms with Gasteiger partial charge in [-0.2, -0.15) is 4.39 Å². The quantitative estimate of drug-likeness (QED) is 0.153. The lowest BCUT2D eigenvalue weighted by Gasteiger charge is -2.22.